The van der Waals surface area contributed by atoms with Gasteiger partial charge in [-0.3, -0.25) is 4.79 Å². The fourth-order valence-corrected chi connectivity index (χ4v) is 1.56. The summed E-state index contributed by atoms with van der Waals surface area (Å²) in [7, 11) is 0. The van der Waals surface area contributed by atoms with Gasteiger partial charge in [-0.25, -0.2) is 4.79 Å². The summed E-state index contributed by atoms with van der Waals surface area (Å²) in [4.78, 5) is 27.6. The molecule has 0 bridgehead atoms. The first kappa shape index (κ1) is 15.3. The Balaban J connectivity index is 5.11. The highest BCUT2D eigenvalue weighted by molar-refractivity contribution is 6.61. The SMILES string of the molecule is CCOC(=O)C(=[N+]=[N-])C(=O)N(C(C)C)C(C)C. The Morgan fingerprint density at radius 3 is 2.00 bits per heavy atom. The molecule has 0 aromatic heterocycles. The van der Waals surface area contributed by atoms with Gasteiger partial charge >= 0.3 is 17.6 Å². The van der Waals surface area contributed by atoms with Gasteiger partial charge in [-0.2, -0.15) is 4.79 Å². The van der Waals surface area contributed by atoms with Crippen LogP contribution in [0.1, 0.15) is 34.6 Å². The third-order valence-electron chi connectivity index (χ3n) is 2.12. The number of carbonyl (C=O) groups excluding carboxylic acids is 2. The van der Waals surface area contributed by atoms with Crippen molar-refractivity contribution in [2.75, 3.05) is 6.61 Å². The number of carbonyl (C=O) groups is 2. The van der Waals surface area contributed by atoms with Crippen LogP contribution in [0.15, 0.2) is 0 Å². The molecule has 0 radical (unpaired) electrons. The average Bonchev–Trinajstić information content (AvgIpc) is 2.17. The van der Waals surface area contributed by atoms with E-state index < -0.39 is 17.6 Å². The Morgan fingerprint density at radius 1 is 1.24 bits per heavy atom. The van der Waals surface area contributed by atoms with Gasteiger partial charge in [0, 0.05) is 12.1 Å². The normalized spacial score (nSPS) is 10.1. The van der Waals surface area contributed by atoms with Crippen molar-refractivity contribution in [2.24, 2.45) is 0 Å². The van der Waals surface area contributed by atoms with Gasteiger partial charge < -0.3 is 15.2 Å². The summed E-state index contributed by atoms with van der Waals surface area (Å²) in [6.45, 7) is 9.00. The van der Waals surface area contributed by atoms with Gasteiger partial charge in [-0.15, -0.1) is 0 Å². The number of hydrogen-bond acceptors (Lipinski definition) is 3. The van der Waals surface area contributed by atoms with Gasteiger partial charge in [-0.1, -0.05) is 0 Å². The third-order valence-corrected chi connectivity index (χ3v) is 2.12. The van der Waals surface area contributed by atoms with E-state index in [1.165, 1.54) is 4.90 Å². The summed E-state index contributed by atoms with van der Waals surface area (Å²) >= 11 is 0. The van der Waals surface area contributed by atoms with Crippen molar-refractivity contribution in [3.63, 3.8) is 0 Å². The minimum Gasteiger partial charge on any atom is -0.457 e. The molecule has 0 spiro atoms. The predicted molar refractivity (Wildman–Crippen MR) is 62.4 cm³/mol. The molecular formula is C11H19N3O3. The Morgan fingerprint density at radius 2 is 1.71 bits per heavy atom. The molecule has 0 aromatic carbocycles. The second-order valence-electron chi connectivity index (χ2n) is 4.07. The van der Waals surface area contributed by atoms with Crippen LogP contribution >= 0.6 is 0 Å². The number of rotatable bonds is 5. The van der Waals surface area contributed by atoms with E-state index >= 15 is 0 Å². The van der Waals surface area contributed by atoms with E-state index in [1.807, 2.05) is 27.7 Å². The van der Waals surface area contributed by atoms with Crippen LogP contribution in [0.5, 0.6) is 0 Å². The Hall–Kier alpha value is -1.68. The van der Waals surface area contributed by atoms with Crippen molar-refractivity contribution in [3.05, 3.63) is 5.53 Å². The van der Waals surface area contributed by atoms with E-state index in [0.717, 1.165) is 0 Å². The minimum atomic E-state index is -0.911. The molecule has 0 rings (SSSR count). The third kappa shape index (κ3) is 4.00. The molecule has 0 saturated carbocycles. The van der Waals surface area contributed by atoms with Crippen molar-refractivity contribution < 1.29 is 19.1 Å². The highest BCUT2D eigenvalue weighted by Gasteiger charge is 2.37. The van der Waals surface area contributed by atoms with Crippen LogP contribution in [0, 0.1) is 0 Å². The first-order valence-corrected chi connectivity index (χ1v) is 5.58. The molecule has 0 heterocycles. The second-order valence-corrected chi connectivity index (χ2v) is 4.07. The molecule has 0 aliphatic carbocycles. The summed E-state index contributed by atoms with van der Waals surface area (Å²) in [5, 5.41) is 0. The number of amides is 1. The quantitative estimate of drug-likeness (QED) is 0.235. The number of ether oxygens (including phenoxy) is 1. The maximum atomic E-state index is 12.0. The smallest absolute Gasteiger partial charge is 0.457 e. The van der Waals surface area contributed by atoms with Gasteiger partial charge in [0.25, 0.3) is 0 Å². The molecule has 0 saturated heterocycles. The van der Waals surface area contributed by atoms with E-state index in [0.29, 0.717) is 0 Å². The summed E-state index contributed by atoms with van der Waals surface area (Å²) in [6, 6.07) is -0.206. The molecule has 0 atom stereocenters. The average molecular weight is 241 g/mol. The van der Waals surface area contributed by atoms with E-state index in [9.17, 15) is 9.59 Å². The van der Waals surface area contributed by atoms with E-state index in [1.54, 1.807) is 6.92 Å². The second kappa shape index (κ2) is 6.81. The van der Waals surface area contributed by atoms with Crippen molar-refractivity contribution in [1.82, 2.24) is 4.90 Å². The maximum absolute atomic E-state index is 12.0. The van der Waals surface area contributed by atoms with Crippen molar-refractivity contribution in [3.8, 4) is 0 Å². The number of hydrogen-bond donors (Lipinski definition) is 0. The summed E-state index contributed by atoms with van der Waals surface area (Å²) in [5.74, 6) is -1.54. The van der Waals surface area contributed by atoms with Crippen LogP contribution in [-0.2, 0) is 14.3 Å². The molecule has 6 heteroatoms. The monoisotopic (exact) mass is 241 g/mol. The minimum absolute atomic E-state index is 0.103. The molecule has 1 amide bonds. The van der Waals surface area contributed by atoms with Crippen molar-refractivity contribution in [1.29, 1.82) is 0 Å². The standard InChI is InChI=1S/C11H19N3O3/c1-6-17-11(16)9(13-12)10(15)14(7(2)3)8(4)5/h7-8H,6H2,1-5H3. The molecule has 0 aromatic rings. The molecule has 0 N–H and O–H groups in total. The van der Waals surface area contributed by atoms with Crippen LogP contribution in [0.4, 0.5) is 0 Å². The van der Waals surface area contributed by atoms with Crippen LogP contribution in [0.3, 0.4) is 0 Å². The zero-order valence-corrected chi connectivity index (χ0v) is 10.9. The maximum Gasteiger partial charge on any atom is 0.463 e. The van der Waals surface area contributed by atoms with Crippen LogP contribution in [0.25, 0.3) is 5.53 Å². The molecule has 96 valence electrons. The van der Waals surface area contributed by atoms with E-state index in [2.05, 4.69) is 9.53 Å². The molecule has 17 heavy (non-hydrogen) atoms. The van der Waals surface area contributed by atoms with Crippen LogP contribution in [-0.4, -0.2) is 46.0 Å². The first-order chi connectivity index (χ1) is 7.86. The molecule has 0 fully saturated rings. The topological polar surface area (TPSA) is 83.0 Å². The molecule has 0 aliphatic rings. The number of nitrogens with zero attached hydrogens (tertiary/aromatic N) is 3. The highest BCUT2D eigenvalue weighted by atomic mass is 16.5. The van der Waals surface area contributed by atoms with E-state index in [4.69, 9.17) is 5.53 Å². The molecule has 0 unspecified atom stereocenters. The van der Waals surface area contributed by atoms with Crippen LogP contribution < -0.4 is 0 Å². The largest absolute Gasteiger partial charge is 0.463 e. The Labute approximate surface area is 101 Å². The summed E-state index contributed by atoms with van der Waals surface area (Å²) < 4.78 is 4.65. The molecule has 6 nitrogen and oxygen atoms in total. The van der Waals surface area contributed by atoms with Crippen LogP contribution in [0.2, 0.25) is 0 Å². The zero-order chi connectivity index (χ0) is 13.6. The molecule has 0 aliphatic heterocycles. The van der Waals surface area contributed by atoms with Gasteiger partial charge in [0.15, 0.2) is 0 Å². The summed E-state index contributed by atoms with van der Waals surface area (Å²) in [6.07, 6.45) is 0. The highest BCUT2D eigenvalue weighted by Crippen LogP contribution is 2.06. The Kier molecular flexibility index (Phi) is 6.13. The van der Waals surface area contributed by atoms with Gasteiger partial charge in [0.05, 0.1) is 6.61 Å². The lowest BCUT2D eigenvalue weighted by molar-refractivity contribution is -0.145. The summed E-state index contributed by atoms with van der Waals surface area (Å²) in [5.41, 5.74) is 8.16. The van der Waals surface area contributed by atoms with Gasteiger partial charge in [-0.05, 0) is 34.6 Å². The van der Waals surface area contributed by atoms with E-state index in [-0.39, 0.29) is 18.7 Å². The lowest BCUT2D eigenvalue weighted by atomic mass is 10.2. The molecular weight excluding hydrogens is 222 g/mol. The lowest BCUT2D eigenvalue weighted by Crippen LogP contribution is -2.48. The lowest BCUT2D eigenvalue weighted by Gasteiger charge is -2.28. The number of esters is 1. The van der Waals surface area contributed by atoms with Crippen molar-refractivity contribution >= 4 is 17.6 Å². The fraction of sp³-hybridized carbons (Fsp3) is 0.727. The first-order valence-electron chi connectivity index (χ1n) is 5.58. The fourth-order valence-electron chi connectivity index (χ4n) is 1.56. The van der Waals surface area contributed by atoms with Gasteiger partial charge in [0.1, 0.15) is 0 Å². The Bertz CT molecular complexity index is 336. The predicted octanol–water partition coefficient (Wildman–Crippen LogP) is 0.866. The van der Waals surface area contributed by atoms with Gasteiger partial charge in [0.2, 0.25) is 0 Å². The van der Waals surface area contributed by atoms with Crippen molar-refractivity contribution in [2.45, 2.75) is 46.7 Å². The zero-order valence-electron chi connectivity index (χ0n) is 10.9.